The first-order valence-corrected chi connectivity index (χ1v) is 10.0. The van der Waals surface area contributed by atoms with Gasteiger partial charge in [0.15, 0.2) is 0 Å². The number of fused-ring (bicyclic) bond motifs is 5. The van der Waals surface area contributed by atoms with Gasteiger partial charge in [-0.05, 0) is 85.9 Å². The summed E-state index contributed by atoms with van der Waals surface area (Å²) < 4.78 is 0. The summed E-state index contributed by atoms with van der Waals surface area (Å²) in [5.74, 6) is 3.58. The molecular weight excluding hydrogens is 282 g/mol. The molecule has 0 radical (unpaired) electrons. The van der Waals surface area contributed by atoms with Crippen molar-refractivity contribution in [2.75, 3.05) is 0 Å². The number of hydrogen-bond acceptors (Lipinski definition) is 2. The average Bonchev–Trinajstić information content (AvgIpc) is 2.88. The lowest BCUT2D eigenvalue weighted by atomic mass is 9.41. The van der Waals surface area contributed by atoms with Crippen molar-refractivity contribution in [3.8, 4) is 0 Å². The Morgan fingerprint density at radius 1 is 0.913 bits per heavy atom. The molecule has 4 aliphatic carbocycles. The van der Waals surface area contributed by atoms with Crippen LogP contribution in [0.1, 0.15) is 85.5 Å². The highest BCUT2D eigenvalue weighted by Crippen LogP contribution is 2.68. The van der Waals surface area contributed by atoms with Crippen molar-refractivity contribution in [2.24, 2.45) is 45.1 Å². The maximum absolute atomic E-state index is 9.48. The molecule has 6 atom stereocenters. The number of hydrogen-bond donors (Lipinski definition) is 1. The summed E-state index contributed by atoms with van der Waals surface area (Å²) in [6.07, 6.45) is 12.4. The van der Waals surface area contributed by atoms with Crippen LogP contribution in [-0.2, 0) is 0 Å². The van der Waals surface area contributed by atoms with Crippen molar-refractivity contribution in [3.63, 3.8) is 0 Å². The SMILES string of the molecule is CC12CCCC1C1CCC3C(C)(C)C(=NO)CCC3(C)C1CC2. The molecule has 0 amide bonds. The van der Waals surface area contributed by atoms with Crippen LogP contribution >= 0.6 is 0 Å². The first-order chi connectivity index (χ1) is 10.8. The van der Waals surface area contributed by atoms with E-state index in [2.05, 4.69) is 32.9 Å². The highest BCUT2D eigenvalue weighted by atomic mass is 16.4. The number of rotatable bonds is 0. The molecule has 4 aliphatic rings. The standard InChI is InChI=1S/C21H35NO/c1-19(2)17-8-7-14-15-6-5-11-20(15,3)12-9-16(14)21(17,4)13-10-18(19)22-23/h14-17,23H,5-13H2,1-4H3. The lowest BCUT2D eigenvalue weighted by Crippen LogP contribution is -2.57. The van der Waals surface area contributed by atoms with Crippen molar-refractivity contribution in [1.29, 1.82) is 0 Å². The van der Waals surface area contributed by atoms with Crippen LogP contribution in [0, 0.1) is 39.9 Å². The molecule has 4 fully saturated rings. The van der Waals surface area contributed by atoms with Gasteiger partial charge in [0, 0.05) is 5.41 Å². The van der Waals surface area contributed by atoms with Crippen molar-refractivity contribution < 1.29 is 5.21 Å². The minimum Gasteiger partial charge on any atom is -0.411 e. The van der Waals surface area contributed by atoms with Gasteiger partial charge in [-0.15, -0.1) is 0 Å². The van der Waals surface area contributed by atoms with Gasteiger partial charge in [0.2, 0.25) is 0 Å². The Hall–Kier alpha value is -0.530. The van der Waals surface area contributed by atoms with Crippen molar-refractivity contribution in [2.45, 2.75) is 85.5 Å². The molecule has 0 spiro atoms. The second-order valence-electron chi connectivity index (χ2n) is 10.4. The zero-order chi connectivity index (χ0) is 16.5. The van der Waals surface area contributed by atoms with Crippen LogP contribution in [0.25, 0.3) is 0 Å². The lowest BCUT2D eigenvalue weighted by molar-refractivity contribution is -0.116. The molecule has 4 saturated carbocycles. The molecule has 0 heterocycles. The zero-order valence-electron chi connectivity index (χ0n) is 15.6. The van der Waals surface area contributed by atoms with Crippen molar-refractivity contribution in [1.82, 2.24) is 0 Å². The second kappa shape index (κ2) is 4.99. The van der Waals surface area contributed by atoms with E-state index >= 15 is 0 Å². The third-order valence-electron chi connectivity index (χ3n) is 9.29. The maximum Gasteiger partial charge on any atom is 0.0630 e. The van der Waals surface area contributed by atoms with Gasteiger partial charge in [0.1, 0.15) is 0 Å². The molecule has 0 aromatic heterocycles. The normalized spacial score (nSPS) is 53.5. The Morgan fingerprint density at radius 3 is 2.43 bits per heavy atom. The van der Waals surface area contributed by atoms with E-state index in [1.165, 1.54) is 51.4 Å². The molecule has 0 bridgehead atoms. The van der Waals surface area contributed by atoms with E-state index in [9.17, 15) is 5.21 Å². The molecule has 23 heavy (non-hydrogen) atoms. The molecule has 0 saturated heterocycles. The van der Waals surface area contributed by atoms with E-state index in [0.29, 0.717) is 16.7 Å². The molecule has 0 aromatic carbocycles. The second-order valence-corrected chi connectivity index (χ2v) is 10.4. The molecule has 0 aromatic rings. The Morgan fingerprint density at radius 2 is 1.70 bits per heavy atom. The maximum atomic E-state index is 9.48. The summed E-state index contributed by atoms with van der Waals surface area (Å²) >= 11 is 0. The van der Waals surface area contributed by atoms with E-state index in [1.54, 1.807) is 0 Å². The molecule has 2 nitrogen and oxygen atoms in total. The van der Waals surface area contributed by atoms with Gasteiger partial charge in [-0.25, -0.2) is 0 Å². The Balaban J connectivity index is 1.68. The summed E-state index contributed by atoms with van der Waals surface area (Å²) in [7, 11) is 0. The fourth-order valence-corrected chi connectivity index (χ4v) is 8.08. The summed E-state index contributed by atoms with van der Waals surface area (Å²) in [4.78, 5) is 0. The van der Waals surface area contributed by atoms with Gasteiger partial charge >= 0.3 is 0 Å². The molecule has 0 aliphatic heterocycles. The quantitative estimate of drug-likeness (QED) is 0.439. The number of oxime groups is 1. The Bertz CT molecular complexity index is 524. The van der Waals surface area contributed by atoms with Crippen LogP contribution in [0.3, 0.4) is 0 Å². The predicted molar refractivity (Wildman–Crippen MR) is 94.7 cm³/mol. The third kappa shape index (κ3) is 2.02. The summed E-state index contributed by atoms with van der Waals surface area (Å²) in [6.45, 7) is 9.87. The summed E-state index contributed by atoms with van der Waals surface area (Å²) in [6, 6.07) is 0. The van der Waals surface area contributed by atoms with Gasteiger partial charge in [0.05, 0.1) is 5.71 Å². The van der Waals surface area contributed by atoms with Crippen LogP contribution in [0.15, 0.2) is 5.16 Å². The minimum absolute atomic E-state index is 0.0726. The van der Waals surface area contributed by atoms with E-state index in [-0.39, 0.29) is 5.41 Å². The van der Waals surface area contributed by atoms with E-state index in [1.807, 2.05) is 0 Å². The van der Waals surface area contributed by atoms with Crippen molar-refractivity contribution >= 4 is 5.71 Å². The lowest BCUT2D eigenvalue weighted by Gasteiger charge is -2.63. The predicted octanol–water partition coefficient (Wildman–Crippen LogP) is 5.89. The largest absolute Gasteiger partial charge is 0.411 e. The molecular formula is C21H35NO. The van der Waals surface area contributed by atoms with Crippen LogP contribution in [0.4, 0.5) is 0 Å². The molecule has 130 valence electrons. The topological polar surface area (TPSA) is 32.6 Å². The van der Waals surface area contributed by atoms with E-state index in [0.717, 1.165) is 29.9 Å². The van der Waals surface area contributed by atoms with Crippen LogP contribution in [0.5, 0.6) is 0 Å². The van der Waals surface area contributed by atoms with Crippen molar-refractivity contribution in [3.05, 3.63) is 0 Å². The fourth-order valence-electron chi connectivity index (χ4n) is 8.08. The highest BCUT2D eigenvalue weighted by Gasteiger charge is 2.61. The third-order valence-corrected chi connectivity index (χ3v) is 9.29. The Labute approximate surface area is 142 Å². The molecule has 4 rings (SSSR count). The van der Waals surface area contributed by atoms with Gasteiger partial charge in [0.25, 0.3) is 0 Å². The summed E-state index contributed by atoms with van der Waals surface area (Å²) in [5.41, 5.74) is 2.25. The van der Waals surface area contributed by atoms with Crippen LogP contribution in [0.2, 0.25) is 0 Å². The average molecular weight is 318 g/mol. The first kappa shape index (κ1) is 16.0. The van der Waals surface area contributed by atoms with Crippen LogP contribution in [-0.4, -0.2) is 10.9 Å². The van der Waals surface area contributed by atoms with Gasteiger partial charge in [-0.1, -0.05) is 39.3 Å². The molecule has 6 unspecified atom stereocenters. The first-order valence-electron chi connectivity index (χ1n) is 10.0. The smallest absolute Gasteiger partial charge is 0.0630 e. The molecule has 1 N–H and O–H groups in total. The van der Waals surface area contributed by atoms with E-state index < -0.39 is 0 Å². The van der Waals surface area contributed by atoms with Gasteiger partial charge < -0.3 is 5.21 Å². The summed E-state index contributed by atoms with van der Waals surface area (Å²) in [5, 5.41) is 13.2. The monoisotopic (exact) mass is 317 g/mol. The fraction of sp³-hybridized carbons (Fsp3) is 0.952. The number of nitrogens with zero attached hydrogens (tertiary/aromatic N) is 1. The van der Waals surface area contributed by atoms with Crippen LogP contribution < -0.4 is 0 Å². The highest BCUT2D eigenvalue weighted by molar-refractivity contribution is 5.90. The Kier molecular flexibility index (Phi) is 3.46. The van der Waals surface area contributed by atoms with E-state index in [4.69, 9.17) is 0 Å². The zero-order valence-corrected chi connectivity index (χ0v) is 15.6. The van der Waals surface area contributed by atoms with Gasteiger partial charge in [-0.2, -0.15) is 0 Å². The van der Waals surface area contributed by atoms with Gasteiger partial charge in [-0.3, -0.25) is 0 Å². The minimum atomic E-state index is 0.0726. The molecule has 2 heteroatoms.